The van der Waals surface area contributed by atoms with E-state index in [0.29, 0.717) is 0 Å². The molecule has 0 saturated carbocycles. The summed E-state index contributed by atoms with van der Waals surface area (Å²) in [6.07, 6.45) is 4.70. The highest BCUT2D eigenvalue weighted by Crippen LogP contribution is 2.23. The molecule has 2 heterocycles. The van der Waals surface area contributed by atoms with Gasteiger partial charge in [0.25, 0.3) is 0 Å². The Morgan fingerprint density at radius 1 is 0.960 bits per heavy atom. The van der Waals surface area contributed by atoms with Gasteiger partial charge in [-0.05, 0) is 30.2 Å². The normalized spacial score (nSPS) is 10.3. The predicted octanol–water partition coefficient (Wildman–Crippen LogP) is 3.43. The summed E-state index contributed by atoms with van der Waals surface area (Å²) in [5, 5.41) is 1.15. The Morgan fingerprint density at radius 2 is 1.72 bits per heavy atom. The largest absolute Gasteiger partial charge is 0.497 e. The number of rotatable bonds is 4. The number of ether oxygens (including phenoxy) is 1. The maximum atomic E-state index is 5.20. The Morgan fingerprint density at radius 3 is 2.48 bits per heavy atom. The van der Waals surface area contributed by atoms with Crippen LogP contribution in [0.15, 0.2) is 61.1 Å². The number of fused-ring (bicyclic) bond motifs is 3. The number of aromatic nitrogens is 3. The number of hydrogen-bond acceptors (Lipinski definition) is 3. The van der Waals surface area contributed by atoms with E-state index in [2.05, 4.69) is 32.7 Å². The highest BCUT2D eigenvalue weighted by atomic mass is 35.5. The Kier molecular flexibility index (Phi) is 5.96. The van der Waals surface area contributed by atoms with Crippen molar-refractivity contribution < 1.29 is 10.2 Å². The SMILES string of the molecule is COc1ccc(CCn2cnc3cnc4ccccc4c32)cc1.Cl.O. The minimum Gasteiger partial charge on any atom is -0.497 e. The molecule has 130 valence electrons. The molecule has 0 atom stereocenters. The number of imidazole rings is 1. The summed E-state index contributed by atoms with van der Waals surface area (Å²) in [5.41, 5.74) is 4.39. The minimum absolute atomic E-state index is 0. The number of hydrogen-bond donors (Lipinski definition) is 0. The summed E-state index contributed by atoms with van der Waals surface area (Å²) in [5.74, 6) is 0.888. The second kappa shape index (κ2) is 7.96. The van der Waals surface area contributed by atoms with Gasteiger partial charge in [-0.2, -0.15) is 0 Å². The summed E-state index contributed by atoms with van der Waals surface area (Å²) in [7, 11) is 1.69. The fourth-order valence-corrected chi connectivity index (χ4v) is 2.91. The van der Waals surface area contributed by atoms with Crippen LogP contribution in [0.2, 0.25) is 0 Å². The second-order valence-corrected chi connectivity index (χ2v) is 5.55. The zero-order chi connectivity index (χ0) is 15.6. The predicted molar refractivity (Wildman–Crippen MR) is 103 cm³/mol. The maximum Gasteiger partial charge on any atom is 0.118 e. The summed E-state index contributed by atoms with van der Waals surface area (Å²) >= 11 is 0. The van der Waals surface area contributed by atoms with Gasteiger partial charge in [-0.1, -0.05) is 30.3 Å². The zero-order valence-corrected chi connectivity index (χ0v) is 14.7. The molecule has 0 radical (unpaired) electrons. The molecule has 4 rings (SSSR count). The number of para-hydroxylation sites is 1. The number of nitrogens with zero attached hydrogens (tertiary/aromatic N) is 3. The molecule has 6 heteroatoms. The van der Waals surface area contributed by atoms with Gasteiger partial charge in [-0.15, -0.1) is 12.4 Å². The molecule has 0 amide bonds. The number of pyridine rings is 1. The smallest absolute Gasteiger partial charge is 0.118 e. The molecule has 2 aromatic heterocycles. The van der Waals surface area contributed by atoms with Crippen molar-refractivity contribution in [2.24, 2.45) is 0 Å². The number of aryl methyl sites for hydroxylation is 2. The molecule has 0 aliphatic heterocycles. The van der Waals surface area contributed by atoms with Crippen LogP contribution in [-0.4, -0.2) is 27.1 Å². The highest BCUT2D eigenvalue weighted by molar-refractivity contribution is 6.01. The molecular formula is C19H20ClN3O2. The van der Waals surface area contributed by atoms with Gasteiger partial charge in [0.05, 0.1) is 30.7 Å². The molecule has 25 heavy (non-hydrogen) atoms. The van der Waals surface area contributed by atoms with Crippen LogP contribution in [0.25, 0.3) is 21.9 Å². The van der Waals surface area contributed by atoms with Crippen molar-refractivity contribution in [3.63, 3.8) is 0 Å². The minimum atomic E-state index is 0. The molecule has 4 aromatic rings. The maximum absolute atomic E-state index is 5.20. The van der Waals surface area contributed by atoms with E-state index < -0.39 is 0 Å². The van der Waals surface area contributed by atoms with Crippen LogP contribution in [0, 0.1) is 0 Å². The van der Waals surface area contributed by atoms with Crippen LogP contribution >= 0.6 is 12.4 Å². The molecule has 0 saturated heterocycles. The van der Waals surface area contributed by atoms with Gasteiger partial charge < -0.3 is 14.8 Å². The first-order chi connectivity index (χ1) is 11.3. The molecule has 0 aliphatic rings. The van der Waals surface area contributed by atoms with E-state index in [-0.39, 0.29) is 17.9 Å². The Labute approximate surface area is 152 Å². The van der Waals surface area contributed by atoms with Gasteiger partial charge in [0, 0.05) is 11.9 Å². The van der Waals surface area contributed by atoms with Crippen LogP contribution in [0.4, 0.5) is 0 Å². The van der Waals surface area contributed by atoms with E-state index in [1.165, 1.54) is 5.56 Å². The van der Waals surface area contributed by atoms with E-state index in [1.54, 1.807) is 7.11 Å². The van der Waals surface area contributed by atoms with Gasteiger partial charge >= 0.3 is 0 Å². The van der Waals surface area contributed by atoms with Gasteiger partial charge in [-0.25, -0.2) is 4.98 Å². The van der Waals surface area contributed by atoms with Gasteiger partial charge in [0.15, 0.2) is 0 Å². The van der Waals surface area contributed by atoms with Crippen molar-refractivity contribution >= 4 is 34.3 Å². The Bertz CT molecular complexity index is 967. The first-order valence-electron chi connectivity index (χ1n) is 7.66. The van der Waals surface area contributed by atoms with Crippen LogP contribution in [0.5, 0.6) is 5.75 Å². The van der Waals surface area contributed by atoms with Crippen molar-refractivity contribution in [3.05, 3.63) is 66.6 Å². The standard InChI is InChI=1S/C19H17N3O.ClH.H2O/c1-23-15-8-6-14(7-9-15)10-11-22-13-21-18-12-20-17-5-3-2-4-16(17)19(18)22;;/h2-9,12-13H,10-11H2,1H3;1H;1H2. The Balaban J connectivity index is 0.00000113. The molecule has 5 nitrogen and oxygen atoms in total. The quantitative estimate of drug-likeness (QED) is 0.561. The van der Waals surface area contributed by atoms with Crippen molar-refractivity contribution in [3.8, 4) is 5.75 Å². The number of halogens is 1. The van der Waals surface area contributed by atoms with E-state index in [9.17, 15) is 0 Å². The van der Waals surface area contributed by atoms with Crippen molar-refractivity contribution in [2.45, 2.75) is 13.0 Å². The summed E-state index contributed by atoms with van der Waals surface area (Å²) in [6.45, 7) is 0.886. The lowest BCUT2D eigenvalue weighted by molar-refractivity contribution is 0.414. The molecule has 2 aromatic carbocycles. The van der Waals surface area contributed by atoms with E-state index in [1.807, 2.05) is 42.9 Å². The molecule has 0 aliphatic carbocycles. The second-order valence-electron chi connectivity index (χ2n) is 5.55. The lowest BCUT2D eigenvalue weighted by Gasteiger charge is -2.07. The summed E-state index contributed by atoms with van der Waals surface area (Å²) in [6, 6.07) is 16.4. The van der Waals surface area contributed by atoms with Crippen molar-refractivity contribution in [1.82, 2.24) is 14.5 Å². The highest BCUT2D eigenvalue weighted by Gasteiger charge is 2.08. The summed E-state index contributed by atoms with van der Waals surface area (Å²) < 4.78 is 7.42. The first kappa shape index (κ1) is 18.7. The first-order valence-corrected chi connectivity index (χ1v) is 7.66. The molecule has 2 N–H and O–H groups in total. The lowest BCUT2D eigenvalue weighted by atomic mass is 10.1. The average molecular weight is 358 g/mol. The third kappa shape index (κ3) is 3.57. The van der Waals surface area contributed by atoms with Crippen LogP contribution < -0.4 is 4.74 Å². The third-order valence-electron chi connectivity index (χ3n) is 4.15. The molecule has 0 bridgehead atoms. The van der Waals surface area contributed by atoms with Crippen LogP contribution in [0.3, 0.4) is 0 Å². The van der Waals surface area contributed by atoms with Gasteiger partial charge in [0.1, 0.15) is 11.3 Å². The van der Waals surface area contributed by atoms with Gasteiger partial charge in [-0.3, -0.25) is 4.98 Å². The van der Waals surface area contributed by atoms with Crippen molar-refractivity contribution in [2.75, 3.05) is 7.11 Å². The molecular weight excluding hydrogens is 338 g/mol. The van der Waals surface area contributed by atoms with Crippen LogP contribution in [0.1, 0.15) is 5.56 Å². The number of methoxy groups -OCH3 is 1. The lowest BCUT2D eigenvalue weighted by Crippen LogP contribution is -2.00. The molecule has 0 unspecified atom stereocenters. The van der Waals surface area contributed by atoms with E-state index in [4.69, 9.17) is 4.74 Å². The van der Waals surface area contributed by atoms with E-state index >= 15 is 0 Å². The van der Waals surface area contributed by atoms with Crippen molar-refractivity contribution in [1.29, 1.82) is 0 Å². The average Bonchev–Trinajstić information content (AvgIpc) is 3.04. The summed E-state index contributed by atoms with van der Waals surface area (Å²) in [4.78, 5) is 8.96. The number of benzene rings is 2. The molecule has 0 fully saturated rings. The molecule has 0 spiro atoms. The fourth-order valence-electron chi connectivity index (χ4n) is 2.91. The van der Waals surface area contributed by atoms with Crippen LogP contribution in [-0.2, 0) is 13.0 Å². The monoisotopic (exact) mass is 357 g/mol. The van der Waals surface area contributed by atoms with E-state index in [0.717, 1.165) is 40.7 Å². The Hall–Kier alpha value is -2.63. The van der Waals surface area contributed by atoms with Gasteiger partial charge in [0.2, 0.25) is 0 Å². The fraction of sp³-hybridized carbons (Fsp3) is 0.158. The topological polar surface area (TPSA) is 71.4 Å². The zero-order valence-electron chi connectivity index (χ0n) is 13.8. The third-order valence-corrected chi connectivity index (χ3v) is 4.15.